The van der Waals surface area contributed by atoms with E-state index in [1.165, 1.54) is 12.8 Å². The Balaban J connectivity index is 1.23. The lowest BCUT2D eigenvalue weighted by molar-refractivity contribution is -0.117. The van der Waals surface area contributed by atoms with E-state index >= 15 is 0 Å². The lowest BCUT2D eigenvalue weighted by Crippen LogP contribution is -2.42. The number of rotatable bonds is 8. The Bertz CT molecular complexity index is 1050. The molecule has 166 valence electrons. The molecule has 8 nitrogen and oxygen atoms in total. The Morgan fingerprint density at radius 2 is 2.00 bits per heavy atom. The lowest BCUT2D eigenvalue weighted by atomic mass is 10.2. The minimum Gasteiger partial charge on any atom is -0.351 e. The second-order valence-electron chi connectivity index (χ2n) is 8.79. The molecule has 1 atom stereocenters. The number of hydrogen-bond donors (Lipinski definition) is 1. The van der Waals surface area contributed by atoms with Gasteiger partial charge in [0.2, 0.25) is 5.91 Å². The summed E-state index contributed by atoms with van der Waals surface area (Å²) in [6, 6.07) is 16.2. The highest BCUT2D eigenvalue weighted by atomic mass is 16.2. The van der Waals surface area contributed by atoms with Crippen LogP contribution < -0.4 is 10.2 Å². The minimum atomic E-state index is -0.0315. The first-order valence-electron chi connectivity index (χ1n) is 11.4. The van der Waals surface area contributed by atoms with E-state index in [0.717, 1.165) is 48.9 Å². The number of para-hydroxylation sites is 1. The summed E-state index contributed by atoms with van der Waals surface area (Å²) in [7, 11) is 2.00. The Labute approximate surface area is 188 Å². The SMILES string of the molecule is CN(CC(=O)Nc1cc(C2CC2)nn1-c1ccccc1)CC1CCCN1c1cccnn1. The van der Waals surface area contributed by atoms with E-state index in [2.05, 4.69) is 25.3 Å². The number of carbonyl (C=O) groups is 1. The van der Waals surface area contributed by atoms with Crippen molar-refractivity contribution in [1.29, 1.82) is 0 Å². The molecule has 2 aromatic heterocycles. The maximum atomic E-state index is 12.9. The van der Waals surface area contributed by atoms with Crippen LogP contribution in [-0.2, 0) is 4.79 Å². The maximum Gasteiger partial charge on any atom is 0.239 e. The van der Waals surface area contributed by atoms with E-state index in [1.54, 1.807) is 6.20 Å². The number of carbonyl (C=O) groups excluding carboxylic acids is 1. The molecule has 0 radical (unpaired) electrons. The second kappa shape index (κ2) is 9.08. The lowest BCUT2D eigenvalue weighted by Gasteiger charge is -2.28. The van der Waals surface area contributed by atoms with Crippen molar-refractivity contribution >= 4 is 17.5 Å². The number of hydrogen-bond acceptors (Lipinski definition) is 6. The van der Waals surface area contributed by atoms with Crippen LogP contribution in [0.3, 0.4) is 0 Å². The summed E-state index contributed by atoms with van der Waals surface area (Å²) in [5.41, 5.74) is 2.01. The van der Waals surface area contributed by atoms with E-state index in [0.29, 0.717) is 18.5 Å². The fraction of sp³-hybridized carbons (Fsp3) is 0.417. The van der Waals surface area contributed by atoms with E-state index in [9.17, 15) is 4.79 Å². The van der Waals surface area contributed by atoms with Crippen LogP contribution in [-0.4, -0.2) is 63.5 Å². The van der Waals surface area contributed by atoms with Crippen LogP contribution in [0.2, 0.25) is 0 Å². The molecule has 1 saturated carbocycles. The van der Waals surface area contributed by atoms with Crippen molar-refractivity contribution in [2.24, 2.45) is 0 Å². The Morgan fingerprint density at radius 3 is 2.75 bits per heavy atom. The van der Waals surface area contributed by atoms with Gasteiger partial charge in [0, 0.05) is 37.3 Å². The van der Waals surface area contributed by atoms with Crippen LogP contribution in [0.5, 0.6) is 0 Å². The summed E-state index contributed by atoms with van der Waals surface area (Å²) in [5, 5.41) is 16.1. The number of anilines is 2. The smallest absolute Gasteiger partial charge is 0.239 e. The summed E-state index contributed by atoms with van der Waals surface area (Å²) in [6.45, 7) is 2.10. The van der Waals surface area contributed by atoms with Crippen LogP contribution in [0.25, 0.3) is 5.69 Å². The molecule has 0 spiro atoms. The van der Waals surface area contributed by atoms with Gasteiger partial charge in [-0.25, -0.2) is 4.68 Å². The largest absolute Gasteiger partial charge is 0.351 e. The van der Waals surface area contributed by atoms with Crippen molar-refractivity contribution in [3.8, 4) is 5.69 Å². The molecule has 32 heavy (non-hydrogen) atoms. The molecule has 5 rings (SSSR count). The summed E-state index contributed by atoms with van der Waals surface area (Å²) in [6.07, 6.45) is 6.26. The minimum absolute atomic E-state index is 0.0315. The van der Waals surface area contributed by atoms with Gasteiger partial charge in [0.05, 0.1) is 17.9 Å². The Kier molecular flexibility index (Phi) is 5.85. The van der Waals surface area contributed by atoms with Crippen molar-refractivity contribution in [3.05, 3.63) is 60.4 Å². The topological polar surface area (TPSA) is 79.2 Å². The molecule has 8 heteroatoms. The van der Waals surface area contributed by atoms with Gasteiger partial charge in [0.1, 0.15) is 5.82 Å². The normalized spacial score (nSPS) is 18.3. The van der Waals surface area contributed by atoms with Crippen LogP contribution in [0.1, 0.15) is 37.3 Å². The van der Waals surface area contributed by atoms with E-state index in [1.807, 2.05) is 60.3 Å². The third kappa shape index (κ3) is 4.65. The number of nitrogens with one attached hydrogen (secondary N) is 1. The highest BCUT2D eigenvalue weighted by molar-refractivity contribution is 5.91. The molecule has 0 bridgehead atoms. The molecular formula is C24H29N7O. The number of benzene rings is 1. The van der Waals surface area contributed by atoms with Gasteiger partial charge in [-0.05, 0) is 57.0 Å². The Hall–Kier alpha value is -3.26. The predicted octanol–water partition coefficient (Wildman–Crippen LogP) is 3.08. The number of amides is 1. The zero-order valence-corrected chi connectivity index (χ0v) is 18.4. The van der Waals surface area contributed by atoms with Crippen LogP contribution in [0.15, 0.2) is 54.7 Å². The monoisotopic (exact) mass is 431 g/mol. The maximum absolute atomic E-state index is 12.9. The molecular weight excluding hydrogens is 402 g/mol. The van der Waals surface area contributed by atoms with Crippen LogP contribution >= 0.6 is 0 Å². The molecule has 1 aromatic carbocycles. The summed E-state index contributed by atoms with van der Waals surface area (Å²) < 4.78 is 1.85. The summed E-state index contributed by atoms with van der Waals surface area (Å²) in [5.74, 6) is 2.13. The van der Waals surface area contributed by atoms with Gasteiger partial charge in [-0.1, -0.05) is 18.2 Å². The number of aromatic nitrogens is 4. The van der Waals surface area contributed by atoms with E-state index < -0.39 is 0 Å². The quantitative estimate of drug-likeness (QED) is 0.591. The first-order valence-corrected chi connectivity index (χ1v) is 11.4. The predicted molar refractivity (Wildman–Crippen MR) is 124 cm³/mol. The van der Waals surface area contributed by atoms with Crippen molar-refractivity contribution in [1.82, 2.24) is 24.9 Å². The van der Waals surface area contributed by atoms with Gasteiger partial charge in [0.25, 0.3) is 0 Å². The molecule has 1 amide bonds. The highest BCUT2D eigenvalue weighted by Gasteiger charge is 2.29. The fourth-order valence-electron chi connectivity index (χ4n) is 4.46. The summed E-state index contributed by atoms with van der Waals surface area (Å²) >= 11 is 0. The highest BCUT2D eigenvalue weighted by Crippen LogP contribution is 2.40. The average molecular weight is 432 g/mol. The van der Waals surface area contributed by atoms with Gasteiger partial charge in [-0.15, -0.1) is 5.10 Å². The van der Waals surface area contributed by atoms with Gasteiger partial charge in [-0.2, -0.15) is 10.2 Å². The molecule has 2 aliphatic rings. The van der Waals surface area contributed by atoms with Crippen molar-refractivity contribution in [3.63, 3.8) is 0 Å². The second-order valence-corrected chi connectivity index (χ2v) is 8.79. The molecule has 3 heterocycles. The van der Waals surface area contributed by atoms with Gasteiger partial charge < -0.3 is 10.2 Å². The average Bonchev–Trinajstić information content (AvgIpc) is 3.42. The Morgan fingerprint density at radius 1 is 1.16 bits per heavy atom. The first-order chi connectivity index (χ1) is 15.7. The third-order valence-electron chi connectivity index (χ3n) is 6.16. The van der Waals surface area contributed by atoms with Crippen molar-refractivity contribution < 1.29 is 4.79 Å². The molecule has 1 aliphatic carbocycles. The zero-order valence-electron chi connectivity index (χ0n) is 18.4. The third-order valence-corrected chi connectivity index (χ3v) is 6.16. The molecule has 1 saturated heterocycles. The van der Waals surface area contributed by atoms with Crippen LogP contribution in [0, 0.1) is 0 Å². The van der Waals surface area contributed by atoms with Crippen LogP contribution in [0.4, 0.5) is 11.6 Å². The first kappa shape index (κ1) is 20.6. The van der Waals surface area contributed by atoms with Crippen molar-refractivity contribution in [2.75, 3.05) is 36.9 Å². The molecule has 1 aliphatic heterocycles. The fourth-order valence-corrected chi connectivity index (χ4v) is 4.46. The molecule has 1 unspecified atom stereocenters. The van der Waals surface area contributed by atoms with Gasteiger partial charge in [-0.3, -0.25) is 9.69 Å². The number of likely N-dealkylation sites (N-methyl/N-ethyl adjacent to an activating group) is 1. The van der Waals surface area contributed by atoms with Gasteiger partial charge in [0.15, 0.2) is 5.82 Å². The molecule has 2 fully saturated rings. The van der Waals surface area contributed by atoms with E-state index in [-0.39, 0.29) is 5.91 Å². The standard InChI is InChI=1S/C24H29N7O/c1-29(16-20-9-6-14-30(20)22-10-5-13-25-27-22)17-24(32)26-23-15-21(18-11-12-18)28-31(23)19-7-3-2-4-8-19/h2-5,7-8,10,13,15,18,20H,6,9,11-12,14,16-17H2,1H3,(H,26,32). The zero-order chi connectivity index (χ0) is 21.9. The van der Waals surface area contributed by atoms with Gasteiger partial charge >= 0.3 is 0 Å². The summed E-state index contributed by atoms with van der Waals surface area (Å²) in [4.78, 5) is 17.3. The van der Waals surface area contributed by atoms with E-state index in [4.69, 9.17) is 5.10 Å². The molecule has 3 aromatic rings. The molecule has 1 N–H and O–H groups in total. The van der Waals surface area contributed by atoms with Crippen molar-refractivity contribution in [2.45, 2.75) is 37.6 Å². The number of nitrogens with zero attached hydrogens (tertiary/aromatic N) is 6.